The van der Waals surface area contributed by atoms with Gasteiger partial charge < -0.3 is 5.73 Å². The van der Waals surface area contributed by atoms with E-state index >= 15 is 0 Å². The molecule has 2 N–H and O–H groups in total. The molecule has 0 saturated carbocycles. The van der Waals surface area contributed by atoms with Crippen LogP contribution in [0.4, 0.5) is 8.78 Å². The Labute approximate surface area is 125 Å². The molecule has 0 amide bonds. The third-order valence-corrected chi connectivity index (χ3v) is 4.13. The van der Waals surface area contributed by atoms with Gasteiger partial charge in [-0.05, 0) is 39.0 Å². The quantitative estimate of drug-likeness (QED) is 0.930. The van der Waals surface area contributed by atoms with E-state index in [4.69, 9.17) is 5.73 Å². The molecule has 118 valence electrons. The first-order valence-corrected chi connectivity index (χ1v) is 7.45. The highest BCUT2D eigenvalue weighted by molar-refractivity contribution is 5.22. The second-order valence-electron chi connectivity index (χ2n) is 6.73. The molecule has 2 rings (SSSR count). The molecule has 1 heterocycles. The molecular formula is C16H25F2N3. The van der Waals surface area contributed by atoms with Gasteiger partial charge in [0, 0.05) is 49.9 Å². The van der Waals surface area contributed by atoms with Crippen molar-refractivity contribution in [3.8, 4) is 0 Å². The Kier molecular flexibility index (Phi) is 4.96. The van der Waals surface area contributed by atoms with Gasteiger partial charge in [-0.1, -0.05) is 0 Å². The van der Waals surface area contributed by atoms with Crippen LogP contribution in [0.1, 0.15) is 32.4 Å². The minimum absolute atomic E-state index is 0.170. The summed E-state index contributed by atoms with van der Waals surface area (Å²) in [5, 5.41) is 0. The number of hydrogen-bond acceptors (Lipinski definition) is 3. The summed E-state index contributed by atoms with van der Waals surface area (Å²) < 4.78 is 26.9. The van der Waals surface area contributed by atoms with Gasteiger partial charge in [0.2, 0.25) is 0 Å². The van der Waals surface area contributed by atoms with Gasteiger partial charge in [0.1, 0.15) is 11.6 Å². The molecule has 1 saturated heterocycles. The number of nitrogens with two attached hydrogens (primary N) is 1. The minimum Gasteiger partial charge on any atom is -0.323 e. The number of piperazine rings is 1. The molecular weight excluding hydrogens is 272 g/mol. The highest BCUT2D eigenvalue weighted by atomic mass is 19.1. The molecule has 1 atom stereocenters. The maximum absolute atomic E-state index is 13.7. The fraction of sp³-hybridized carbons (Fsp3) is 0.625. The fourth-order valence-corrected chi connectivity index (χ4v) is 2.78. The lowest BCUT2D eigenvalue weighted by Gasteiger charge is -2.42. The van der Waals surface area contributed by atoms with Crippen LogP contribution in [0.25, 0.3) is 0 Å². The van der Waals surface area contributed by atoms with E-state index in [1.165, 1.54) is 6.07 Å². The molecule has 21 heavy (non-hydrogen) atoms. The van der Waals surface area contributed by atoms with Crippen LogP contribution in [0, 0.1) is 11.6 Å². The molecule has 0 aromatic heterocycles. The lowest BCUT2D eigenvalue weighted by molar-refractivity contribution is 0.0597. The Bertz CT molecular complexity index is 477. The summed E-state index contributed by atoms with van der Waals surface area (Å²) in [6.07, 6.45) is 0. The number of halogens is 2. The van der Waals surface area contributed by atoms with Crippen molar-refractivity contribution in [3.05, 3.63) is 35.4 Å². The Morgan fingerprint density at radius 3 is 2.33 bits per heavy atom. The SMILES string of the molecule is CC(C)(C)N1CCN(CC(N)c2cc(F)ccc2F)CC1. The van der Waals surface area contributed by atoms with Crippen LogP contribution in [-0.2, 0) is 0 Å². The monoisotopic (exact) mass is 297 g/mol. The zero-order chi connectivity index (χ0) is 15.6. The molecule has 3 nitrogen and oxygen atoms in total. The summed E-state index contributed by atoms with van der Waals surface area (Å²) >= 11 is 0. The van der Waals surface area contributed by atoms with Crippen molar-refractivity contribution in [2.45, 2.75) is 32.4 Å². The minimum atomic E-state index is -0.498. The molecule has 1 aliphatic rings. The number of rotatable bonds is 3. The number of nitrogens with zero attached hydrogens (tertiary/aromatic N) is 2. The summed E-state index contributed by atoms with van der Waals surface area (Å²) in [7, 11) is 0. The molecule has 1 aromatic rings. The summed E-state index contributed by atoms with van der Waals surface area (Å²) in [6, 6.07) is 2.96. The predicted octanol–water partition coefficient (Wildman–Crippen LogP) is 2.38. The first-order valence-electron chi connectivity index (χ1n) is 7.45. The van der Waals surface area contributed by atoms with Crippen LogP contribution >= 0.6 is 0 Å². The van der Waals surface area contributed by atoms with Crippen molar-refractivity contribution in [3.63, 3.8) is 0 Å². The van der Waals surface area contributed by atoms with Crippen LogP contribution in [0.3, 0.4) is 0 Å². The third-order valence-electron chi connectivity index (χ3n) is 4.13. The van der Waals surface area contributed by atoms with Crippen LogP contribution < -0.4 is 5.73 Å². The van der Waals surface area contributed by atoms with E-state index in [2.05, 4.69) is 30.6 Å². The van der Waals surface area contributed by atoms with Crippen LogP contribution in [0.15, 0.2) is 18.2 Å². The van der Waals surface area contributed by atoms with Crippen molar-refractivity contribution in [2.24, 2.45) is 5.73 Å². The summed E-state index contributed by atoms with van der Waals surface area (Å²) in [4.78, 5) is 4.65. The predicted molar refractivity (Wildman–Crippen MR) is 81.1 cm³/mol. The molecule has 0 bridgehead atoms. The van der Waals surface area contributed by atoms with Crippen LogP contribution in [0.5, 0.6) is 0 Å². The molecule has 1 unspecified atom stereocenters. The maximum atomic E-state index is 13.7. The average molecular weight is 297 g/mol. The smallest absolute Gasteiger partial charge is 0.128 e. The Morgan fingerprint density at radius 1 is 1.14 bits per heavy atom. The van der Waals surface area contributed by atoms with Crippen molar-refractivity contribution in [1.82, 2.24) is 9.80 Å². The average Bonchev–Trinajstić information content (AvgIpc) is 2.41. The topological polar surface area (TPSA) is 32.5 Å². The highest BCUT2D eigenvalue weighted by Crippen LogP contribution is 2.20. The van der Waals surface area contributed by atoms with E-state index < -0.39 is 17.7 Å². The second kappa shape index (κ2) is 6.38. The summed E-state index contributed by atoms with van der Waals surface area (Å²) in [6.45, 7) is 10.9. The van der Waals surface area contributed by atoms with E-state index in [9.17, 15) is 8.78 Å². The van der Waals surface area contributed by atoms with Gasteiger partial charge >= 0.3 is 0 Å². The molecule has 0 spiro atoms. The van der Waals surface area contributed by atoms with Gasteiger partial charge in [-0.3, -0.25) is 9.80 Å². The van der Waals surface area contributed by atoms with E-state index in [1.54, 1.807) is 0 Å². The van der Waals surface area contributed by atoms with Gasteiger partial charge in [0.25, 0.3) is 0 Å². The van der Waals surface area contributed by atoms with E-state index in [0.29, 0.717) is 6.54 Å². The van der Waals surface area contributed by atoms with Gasteiger partial charge in [0.05, 0.1) is 0 Å². The zero-order valence-corrected chi connectivity index (χ0v) is 13.1. The Hall–Kier alpha value is -1.04. The summed E-state index contributed by atoms with van der Waals surface area (Å²) in [5.41, 5.74) is 6.48. The Morgan fingerprint density at radius 2 is 1.76 bits per heavy atom. The van der Waals surface area contributed by atoms with Crippen LogP contribution in [-0.4, -0.2) is 48.1 Å². The van der Waals surface area contributed by atoms with Crippen molar-refractivity contribution < 1.29 is 8.78 Å². The summed E-state index contributed by atoms with van der Waals surface area (Å²) in [5.74, 6) is -0.878. The zero-order valence-electron chi connectivity index (χ0n) is 13.1. The fourth-order valence-electron chi connectivity index (χ4n) is 2.78. The van der Waals surface area contributed by atoms with Gasteiger partial charge in [-0.15, -0.1) is 0 Å². The van der Waals surface area contributed by atoms with E-state index in [0.717, 1.165) is 38.3 Å². The Balaban J connectivity index is 1.93. The molecule has 1 fully saturated rings. The van der Waals surface area contributed by atoms with Gasteiger partial charge in [-0.2, -0.15) is 0 Å². The van der Waals surface area contributed by atoms with Gasteiger partial charge in [-0.25, -0.2) is 8.78 Å². The second-order valence-corrected chi connectivity index (χ2v) is 6.73. The molecule has 0 radical (unpaired) electrons. The lowest BCUT2D eigenvalue weighted by atomic mass is 10.0. The van der Waals surface area contributed by atoms with Gasteiger partial charge in [0.15, 0.2) is 0 Å². The van der Waals surface area contributed by atoms with E-state index in [1.807, 2.05) is 0 Å². The standard InChI is InChI=1S/C16H25F2N3/c1-16(2,3)21-8-6-20(7-9-21)11-15(19)13-10-12(17)4-5-14(13)18/h4-5,10,15H,6-9,11,19H2,1-3H3. The highest BCUT2D eigenvalue weighted by Gasteiger charge is 2.26. The van der Waals surface area contributed by atoms with E-state index in [-0.39, 0.29) is 11.1 Å². The maximum Gasteiger partial charge on any atom is 0.128 e. The molecule has 0 aliphatic carbocycles. The van der Waals surface area contributed by atoms with Crippen molar-refractivity contribution >= 4 is 0 Å². The van der Waals surface area contributed by atoms with Crippen molar-refractivity contribution in [1.29, 1.82) is 0 Å². The first kappa shape index (κ1) is 16.3. The normalized spacial score (nSPS) is 19.7. The first-order chi connectivity index (χ1) is 9.77. The van der Waals surface area contributed by atoms with Crippen LogP contribution in [0.2, 0.25) is 0 Å². The third kappa shape index (κ3) is 4.22. The van der Waals surface area contributed by atoms with Crippen molar-refractivity contribution in [2.75, 3.05) is 32.7 Å². The molecule has 5 heteroatoms. The molecule has 1 aliphatic heterocycles. The molecule has 1 aromatic carbocycles. The number of benzene rings is 1. The number of hydrogen-bond donors (Lipinski definition) is 1. The lowest BCUT2D eigenvalue weighted by Crippen LogP contribution is -2.54. The largest absolute Gasteiger partial charge is 0.323 e.